The zero-order chi connectivity index (χ0) is 18.8. The zero-order valence-corrected chi connectivity index (χ0v) is 14.7. The smallest absolute Gasteiger partial charge is 0.416 e. The molecule has 0 aliphatic heterocycles. The van der Waals surface area contributed by atoms with E-state index in [-0.39, 0.29) is 13.2 Å². The minimum atomic E-state index is -0.904. The van der Waals surface area contributed by atoms with Gasteiger partial charge >= 0.3 is 12.2 Å². The molecule has 7 nitrogen and oxygen atoms in total. The van der Waals surface area contributed by atoms with Crippen LogP contribution in [-0.2, 0) is 22.7 Å². The highest BCUT2D eigenvalue weighted by Gasteiger charge is 2.12. The van der Waals surface area contributed by atoms with Crippen molar-refractivity contribution in [2.75, 3.05) is 13.7 Å². The Morgan fingerprint density at radius 1 is 0.962 bits per heavy atom. The first kappa shape index (κ1) is 19.1. The second kappa shape index (κ2) is 9.93. The van der Waals surface area contributed by atoms with Crippen molar-refractivity contribution in [1.29, 1.82) is 0 Å². The van der Waals surface area contributed by atoms with Gasteiger partial charge in [-0.25, -0.2) is 14.9 Å². The first-order chi connectivity index (χ1) is 12.6. The Bertz CT molecular complexity index is 732. The predicted octanol–water partition coefficient (Wildman–Crippen LogP) is 3.66. The number of benzene rings is 2. The third-order valence-electron chi connectivity index (χ3n) is 3.35. The van der Waals surface area contributed by atoms with Crippen molar-refractivity contribution in [3.63, 3.8) is 0 Å². The quantitative estimate of drug-likeness (QED) is 0.812. The molecule has 0 saturated heterocycles. The van der Waals surface area contributed by atoms with E-state index >= 15 is 0 Å². The number of ether oxygens (including phenoxy) is 4. The van der Waals surface area contributed by atoms with Crippen LogP contribution in [0.4, 0.5) is 9.59 Å². The Balaban J connectivity index is 1.80. The molecule has 0 saturated carbocycles. The summed E-state index contributed by atoms with van der Waals surface area (Å²) in [5.41, 5.74) is 1.46. The van der Waals surface area contributed by atoms with Gasteiger partial charge in [-0.15, -0.1) is 0 Å². The standard InChI is InChI=1S/C19H21NO6/c1-3-24-16-10-9-15(17(11-16)23-2)13-26-19(22)20-18(21)25-12-14-7-5-4-6-8-14/h4-11H,3,12-13H2,1-2H3,(H,20,21,22). The fraction of sp³-hybridized carbons (Fsp3) is 0.263. The molecule has 2 rings (SSSR count). The average molecular weight is 359 g/mol. The number of imide groups is 1. The molecule has 7 heteroatoms. The molecule has 26 heavy (non-hydrogen) atoms. The molecule has 2 aromatic rings. The molecule has 0 bridgehead atoms. The highest BCUT2D eigenvalue weighted by atomic mass is 16.6. The molecule has 0 atom stereocenters. The predicted molar refractivity (Wildman–Crippen MR) is 94.1 cm³/mol. The van der Waals surface area contributed by atoms with Crippen molar-refractivity contribution in [2.24, 2.45) is 0 Å². The van der Waals surface area contributed by atoms with Gasteiger partial charge in [-0.05, 0) is 24.6 Å². The number of carbonyl (C=O) groups excluding carboxylic acids is 2. The van der Waals surface area contributed by atoms with Crippen LogP contribution in [0.25, 0.3) is 0 Å². The molecule has 0 radical (unpaired) electrons. The van der Waals surface area contributed by atoms with Crippen molar-refractivity contribution < 1.29 is 28.5 Å². The van der Waals surface area contributed by atoms with Gasteiger partial charge in [0.15, 0.2) is 0 Å². The Morgan fingerprint density at radius 2 is 1.65 bits per heavy atom. The summed E-state index contributed by atoms with van der Waals surface area (Å²) in [5.74, 6) is 1.18. The number of carbonyl (C=O) groups is 2. The van der Waals surface area contributed by atoms with Crippen molar-refractivity contribution in [2.45, 2.75) is 20.1 Å². The topological polar surface area (TPSA) is 83.1 Å². The molecular formula is C19H21NO6. The molecule has 0 spiro atoms. The average Bonchev–Trinajstić information content (AvgIpc) is 2.66. The lowest BCUT2D eigenvalue weighted by Gasteiger charge is -2.12. The van der Waals surface area contributed by atoms with E-state index in [0.717, 1.165) is 5.56 Å². The first-order valence-electron chi connectivity index (χ1n) is 8.06. The normalized spacial score (nSPS) is 9.92. The van der Waals surface area contributed by atoms with Gasteiger partial charge in [0.2, 0.25) is 0 Å². The maximum Gasteiger partial charge on any atom is 0.416 e. The molecule has 138 valence electrons. The van der Waals surface area contributed by atoms with Gasteiger partial charge in [-0.1, -0.05) is 30.3 Å². The van der Waals surface area contributed by atoms with Gasteiger partial charge in [0.1, 0.15) is 24.7 Å². The maximum absolute atomic E-state index is 11.7. The zero-order valence-electron chi connectivity index (χ0n) is 14.7. The molecule has 0 aromatic heterocycles. The second-order valence-electron chi connectivity index (χ2n) is 5.17. The summed E-state index contributed by atoms with van der Waals surface area (Å²) in [6.07, 6.45) is -1.78. The van der Waals surface area contributed by atoms with Crippen LogP contribution in [0.1, 0.15) is 18.1 Å². The number of nitrogens with one attached hydrogen (secondary N) is 1. The lowest BCUT2D eigenvalue weighted by Crippen LogP contribution is -2.31. The SMILES string of the molecule is CCOc1ccc(COC(=O)NC(=O)OCc2ccccc2)c(OC)c1. The summed E-state index contributed by atoms with van der Waals surface area (Å²) in [6.45, 7) is 2.41. The number of amides is 2. The number of rotatable bonds is 7. The summed E-state index contributed by atoms with van der Waals surface area (Å²) in [4.78, 5) is 23.3. The molecule has 1 N–H and O–H groups in total. The van der Waals surface area contributed by atoms with Gasteiger partial charge in [-0.3, -0.25) is 0 Å². The molecule has 0 aliphatic carbocycles. The van der Waals surface area contributed by atoms with Crippen molar-refractivity contribution in [1.82, 2.24) is 5.32 Å². The molecular weight excluding hydrogens is 338 g/mol. The monoisotopic (exact) mass is 359 g/mol. The van der Waals surface area contributed by atoms with E-state index in [1.807, 2.05) is 42.6 Å². The minimum Gasteiger partial charge on any atom is -0.496 e. The summed E-state index contributed by atoms with van der Waals surface area (Å²) < 4.78 is 20.6. The van der Waals surface area contributed by atoms with Gasteiger partial charge < -0.3 is 18.9 Å². The van der Waals surface area contributed by atoms with Crippen LogP contribution in [0.2, 0.25) is 0 Å². The fourth-order valence-corrected chi connectivity index (χ4v) is 2.12. The third-order valence-corrected chi connectivity index (χ3v) is 3.35. The van der Waals surface area contributed by atoms with Crippen molar-refractivity contribution in [3.8, 4) is 11.5 Å². The van der Waals surface area contributed by atoms with E-state index in [9.17, 15) is 9.59 Å². The largest absolute Gasteiger partial charge is 0.496 e. The van der Waals surface area contributed by atoms with Crippen molar-refractivity contribution in [3.05, 3.63) is 59.7 Å². The highest BCUT2D eigenvalue weighted by Crippen LogP contribution is 2.25. The number of methoxy groups -OCH3 is 1. The molecule has 0 unspecified atom stereocenters. The fourth-order valence-electron chi connectivity index (χ4n) is 2.12. The molecule has 0 heterocycles. The molecule has 0 aliphatic rings. The van der Waals surface area contributed by atoms with Crippen LogP contribution < -0.4 is 14.8 Å². The van der Waals surface area contributed by atoms with E-state index in [1.54, 1.807) is 18.2 Å². The molecule has 0 fully saturated rings. The van der Waals surface area contributed by atoms with Crippen LogP contribution in [-0.4, -0.2) is 25.9 Å². The van der Waals surface area contributed by atoms with Crippen LogP contribution in [0.15, 0.2) is 48.5 Å². The molecule has 2 aromatic carbocycles. The maximum atomic E-state index is 11.7. The minimum absolute atomic E-state index is 0.0621. The van der Waals surface area contributed by atoms with Gasteiger partial charge in [0.25, 0.3) is 0 Å². The Kier molecular flexibility index (Phi) is 7.30. The van der Waals surface area contributed by atoms with E-state index in [4.69, 9.17) is 18.9 Å². The lowest BCUT2D eigenvalue weighted by molar-refractivity contribution is 0.117. The Morgan fingerprint density at radius 3 is 2.31 bits per heavy atom. The Hall–Kier alpha value is -3.22. The summed E-state index contributed by atoms with van der Waals surface area (Å²) in [6, 6.07) is 14.3. The number of hydrogen-bond donors (Lipinski definition) is 1. The van der Waals surface area contributed by atoms with Crippen molar-refractivity contribution >= 4 is 12.2 Å². The van der Waals surface area contributed by atoms with E-state index in [0.29, 0.717) is 23.7 Å². The first-order valence-corrected chi connectivity index (χ1v) is 8.06. The van der Waals surface area contributed by atoms with Gasteiger partial charge in [0, 0.05) is 11.6 Å². The van der Waals surface area contributed by atoms with Crippen LogP contribution in [0.3, 0.4) is 0 Å². The van der Waals surface area contributed by atoms with Gasteiger partial charge in [0.05, 0.1) is 13.7 Å². The number of hydrogen-bond acceptors (Lipinski definition) is 6. The second-order valence-corrected chi connectivity index (χ2v) is 5.17. The summed E-state index contributed by atoms with van der Waals surface area (Å²) in [5, 5.41) is 2.00. The van der Waals surface area contributed by atoms with Crippen LogP contribution in [0.5, 0.6) is 11.5 Å². The van der Waals surface area contributed by atoms with E-state index in [2.05, 4.69) is 0 Å². The van der Waals surface area contributed by atoms with E-state index < -0.39 is 12.2 Å². The third kappa shape index (κ3) is 6.01. The molecule has 2 amide bonds. The van der Waals surface area contributed by atoms with Crippen LogP contribution in [0, 0.1) is 0 Å². The number of alkyl carbamates (subject to hydrolysis) is 2. The van der Waals surface area contributed by atoms with E-state index in [1.165, 1.54) is 7.11 Å². The summed E-state index contributed by atoms with van der Waals surface area (Å²) >= 11 is 0. The van der Waals surface area contributed by atoms with Crippen LogP contribution >= 0.6 is 0 Å². The van der Waals surface area contributed by atoms with Gasteiger partial charge in [-0.2, -0.15) is 0 Å². The Labute approximate surface area is 151 Å². The lowest BCUT2D eigenvalue weighted by atomic mass is 10.2. The summed E-state index contributed by atoms with van der Waals surface area (Å²) in [7, 11) is 1.51. The highest BCUT2D eigenvalue weighted by molar-refractivity contribution is 5.87.